The molecule has 0 aromatic carbocycles. The lowest BCUT2D eigenvalue weighted by atomic mass is 10.0. The summed E-state index contributed by atoms with van der Waals surface area (Å²) in [4.78, 5) is 20.3. The minimum Gasteiger partial charge on any atom is -0.444 e. The van der Waals surface area contributed by atoms with Crippen molar-refractivity contribution in [2.75, 3.05) is 6.54 Å². The summed E-state index contributed by atoms with van der Waals surface area (Å²) in [5.41, 5.74) is 0.490. The van der Waals surface area contributed by atoms with Crippen LogP contribution in [0.15, 0.2) is 21.3 Å². The van der Waals surface area contributed by atoms with Crippen molar-refractivity contribution < 1.29 is 9.53 Å². The van der Waals surface area contributed by atoms with Gasteiger partial charge in [0.15, 0.2) is 0 Å². The van der Waals surface area contributed by atoms with Gasteiger partial charge in [-0.25, -0.2) is 9.78 Å². The number of hydrogen-bond acceptors (Lipinski definition) is 5. The van der Waals surface area contributed by atoms with Crippen LogP contribution in [0.1, 0.15) is 45.2 Å². The zero-order chi connectivity index (χ0) is 17.5. The maximum atomic E-state index is 12.6. The maximum absolute atomic E-state index is 12.6. The number of amides is 1. The first kappa shape index (κ1) is 17.9. The maximum Gasteiger partial charge on any atom is 0.410 e. The highest BCUT2D eigenvalue weighted by Gasteiger charge is 2.39. The molecule has 2 aromatic rings. The Morgan fingerprint density at radius 2 is 2.17 bits per heavy atom. The molecule has 0 unspecified atom stereocenters. The van der Waals surface area contributed by atoms with Crippen molar-refractivity contribution in [1.82, 2.24) is 9.88 Å². The Morgan fingerprint density at radius 3 is 2.79 bits per heavy atom. The lowest BCUT2D eigenvalue weighted by Crippen LogP contribution is -2.37. The first-order valence-corrected chi connectivity index (χ1v) is 10.5. The van der Waals surface area contributed by atoms with Gasteiger partial charge in [-0.05, 0) is 60.5 Å². The molecule has 1 amide bonds. The number of carbonyl (C=O) groups is 1. The van der Waals surface area contributed by atoms with E-state index >= 15 is 0 Å². The predicted octanol–water partition coefficient (Wildman–Crippen LogP) is 5.95. The molecule has 130 valence electrons. The number of halogens is 1. The molecule has 2 aromatic heterocycles. The van der Waals surface area contributed by atoms with Crippen molar-refractivity contribution in [2.24, 2.45) is 5.92 Å². The first-order valence-electron chi connectivity index (χ1n) is 7.94. The molecule has 1 aliphatic heterocycles. The molecule has 3 heterocycles. The molecule has 24 heavy (non-hydrogen) atoms. The Bertz CT molecular complexity index is 735. The lowest BCUT2D eigenvalue weighted by Gasteiger charge is -2.28. The van der Waals surface area contributed by atoms with E-state index < -0.39 is 5.60 Å². The monoisotopic (exact) mass is 428 g/mol. The third-order valence-electron chi connectivity index (χ3n) is 3.95. The van der Waals surface area contributed by atoms with Crippen LogP contribution in [0, 0.1) is 5.92 Å². The quantitative estimate of drug-likeness (QED) is 0.592. The summed E-state index contributed by atoms with van der Waals surface area (Å²) in [6.45, 7) is 8.59. The van der Waals surface area contributed by atoms with Crippen LogP contribution in [0.4, 0.5) is 4.79 Å². The van der Waals surface area contributed by atoms with Crippen LogP contribution < -0.4 is 0 Å². The molecule has 0 spiro atoms. The zero-order valence-corrected chi connectivity index (χ0v) is 17.4. The molecule has 0 saturated carbocycles. The molecule has 3 rings (SSSR count). The summed E-state index contributed by atoms with van der Waals surface area (Å²) in [6, 6.07) is 2.03. The Morgan fingerprint density at radius 1 is 1.42 bits per heavy atom. The van der Waals surface area contributed by atoms with Gasteiger partial charge in [-0.1, -0.05) is 6.92 Å². The van der Waals surface area contributed by atoms with Crippen molar-refractivity contribution in [3.63, 3.8) is 0 Å². The lowest BCUT2D eigenvalue weighted by molar-refractivity contribution is 0.0208. The zero-order valence-electron chi connectivity index (χ0n) is 14.2. The standard InChI is InChI=1S/C17H21BrN2O2S2/c1-10-5-7-20(16(21)22-17(2,3)4)13(10)15-19-12(9-24-15)14-11(18)6-8-23-14/h6,8-10,13H,5,7H2,1-4H3/t10-,13-/m0/s1. The molecule has 0 N–H and O–H groups in total. The second-order valence-corrected chi connectivity index (χ2v) is 9.71. The second kappa shape index (κ2) is 6.77. The van der Waals surface area contributed by atoms with Crippen molar-refractivity contribution in [3.05, 3.63) is 26.3 Å². The van der Waals surface area contributed by atoms with E-state index in [1.165, 1.54) is 0 Å². The normalized spacial score (nSPS) is 21.3. The van der Waals surface area contributed by atoms with E-state index in [9.17, 15) is 4.79 Å². The third-order valence-corrected chi connectivity index (χ3v) is 6.73. The number of thiazole rings is 1. The molecule has 1 fully saturated rings. The van der Waals surface area contributed by atoms with E-state index in [-0.39, 0.29) is 12.1 Å². The number of hydrogen-bond donors (Lipinski definition) is 0. The molecule has 0 bridgehead atoms. The highest BCUT2D eigenvalue weighted by Crippen LogP contribution is 2.41. The van der Waals surface area contributed by atoms with E-state index in [4.69, 9.17) is 9.72 Å². The van der Waals surface area contributed by atoms with E-state index in [0.717, 1.165) is 33.0 Å². The van der Waals surface area contributed by atoms with Gasteiger partial charge in [-0.3, -0.25) is 4.90 Å². The molecule has 7 heteroatoms. The predicted molar refractivity (Wildman–Crippen MR) is 103 cm³/mol. The Labute approximate surface area is 159 Å². The molecular formula is C17H21BrN2O2S2. The fourth-order valence-corrected chi connectivity index (χ4v) is 5.52. The average Bonchev–Trinajstić information content (AvgIpc) is 3.15. The molecule has 0 radical (unpaired) electrons. The van der Waals surface area contributed by atoms with Crippen LogP contribution in [0.5, 0.6) is 0 Å². The van der Waals surface area contributed by atoms with Crippen LogP contribution in [-0.4, -0.2) is 28.1 Å². The largest absolute Gasteiger partial charge is 0.444 e. The second-order valence-electron chi connectivity index (χ2n) is 7.05. The van der Waals surface area contributed by atoms with Gasteiger partial charge in [0.2, 0.25) is 0 Å². The molecule has 4 nitrogen and oxygen atoms in total. The summed E-state index contributed by atoms with van der Waals surface area (Å²) < 4.78 is 6.64. The van der Waals surface area contributed by atoms with Crippen molar-refractivity contribution >= 4 is 44.7 Å². The van der Waals surface area contributed by atoms with Gasteiger partial charge >= 0.3 is 6.09 Å². The van der Waals surface area contributed by atoms with E-state index in [2.05, 4.69) is 28.2 Å². The van der Waals surface area contributed by atoms with E-state index in [1.54, 1.807) is 22.7 Å². The summed E-state index contributed by atoms with van der Waals surface area (Å²) in [6.07, 6.45) is 0.729. The summed E-state index contributed by atoms with van der Waals surface area (Å²) in [7, 11) is 0. The van der Waals surface area contributed by atoms with E-state index in [1.807, 2.05) is 37.1 Å². The number of carbonyl (C=O) groups excluding carboxylic acids is 1. The average molecular weight is 429 g/mol. The van der Waals surface area contributed by atoms with Gasteiger partial charge in [0, 0.05) is 16.4 Å². The minimum absolute atomic E-state index is 0.00247. The van der Waals surface area contributed by atoms with Gasteiger partial charge < -0.3 is 4.74 Å². The smallest absolute Gasteiger partial charge is 0.410 e. The Kier molecular flexibility index (Phi) is 5.04. The number of likely N-dealkylation sites (tertiary alicyclic amines) is 1. The number of ether oxygens (including phenoxy) is 1. The molecule has 0 aliphatic carbocycles. The van der Waals surface area contributed by atoms with Gasteiger partial charge in [0.1, 0.15) is 10.6 Å². The van der Waals surface area contributed by atoms with Crippen LogP contribution >= 0.6 is 38.6 Å². The van der Waals surface area contributed by atoms with Crippen molar-refractivity contribution in [1.29, 1.82) is 0 Å². The molecular weight excluding hydrogens is 408 g/mol. The first-order chi connectivity index (χ1) is 11.3. The topological polar surface area (TPSA) is 42.4 Å². The Balaban J connectivity index is 1.85. The van der Waals surface area contributed by atoms with Gasteiger partial charge in [0.05, 0.1) is 16.6 Å². The number of aromatic nitrogens is 1. The number of rotatable bonds is 2. The fourth-order valence-electron chi connectivity index (χ4n) is 2.85. The van der Waals surface area contributed by atoms with Crippen LogP contribution in [0.3, 0.4) is 0 Å². The van der Waals surface area contributed by atoms with E-state index in [0.29, 0.717) is 5.92 Å². The SMILES string of the molecule is C[C@H]1CCN(C(=O)OC(C)(C)C)[C@@H]1c1nc(-c2sccc2Br)cs1. The summed E-state index contributed by atoms with van der Waals surface area (Å²) >= 11 is 6.85. The third kappa shape index (κ3) is 3.68. The van der Waals surface area contributed by atoms with Gasteiger partial charge in [-0.2, -0.15) is 0 Å². The molecule has 2 atom stereocenters. The van der Waals surface area contributed by atoms with Crippen molar-refractivity contribution in [3.8, 4) is 10.6 Å². The minimum atomic E-state index is -0.483. The Hall–Kier alpha value is -0.920. The van der Waals surface area contributed by atoms with Crippen LogP contribution in [-0.2, 0) is 4.74 Å². The highest BCUT2D eigenvalue weighted by molar-refractivity contribution is 9.10. The van der Waals surface area contributed by atoms with Crippen LogP contribution in [0.2, 0.25) is 0 Å². The van der Waals surface area contributed by atoms with Gasteiger partial charge in [0.25, 0.3) is 0 Å². The summed E-state index contributed by atoms with van der Waals surface area (Å²) in [5, 5.41) is 5.11. The highest BCUT2D eigenvalue weighted by atomic mass is 79.9. The van der Waals surface area contributed by atoms with Crippen LogP contribution in [0.25, 0.3) is 10.6 Å². The molecule has 1 aliphatic rings. The fraction of sp³-hybridized carbons (Fsp3) is 0.529. The number of thiophene rings is 1. The van der Waals surface area contributed by atoms with Crippen molar-refractivity contribution in [2.45, 2.75) is 45.8 Å². The number of nitrogens with zero attached hydrogens (tertiary/aromatic N) is 2. The molecule has 1 saturated heterocycles. The summed E-state index contributed by atoms with van der Waals surface area (Å²) in [5.74, 6) is 0.378. The van der Waals surface area contributed by atoms with Gasteiger partial charge in [-0.15, -0.1) is 22.7 Å².